The molecule has 4 bridgehead atoms. The average Bonchev–Trinajstić information content (AvgIpc) is 2.80. The van der Waals surface area contributed by atoms with Crippen molar-refractivity contribution in [1.29, 1.82) is 0 Å². The van der Waals surface area contributed by atoms with Gasteiger partial charge in [0.2, 0.25) is 5.88 Å². The lowest BCUT2D eigenvalue weighted by atomic mass is 9.99. The van der Waals surface area contributed by atoms with Crippen molar-refractivity contribution in [3.8, 4) is 22.8 Å². The molecule has 0 spiro atoms. The van der Waals surface area contributed by atoms with Gasteiger partial charge in [-0.3, -0.25) is 4.72 Å². The quantitative estimate of drug-likeness (QED) is 0.430. The Hall–Kier alpha value is -3.32. The van der Waals surface area contributed by atoms with Gasteiger partial charge in [-0.05, 0) is 51.3 Å². The zero-order valence-electron chi connectivity index (χ0n) is 18.1. The number of rotatable bonds is 2. The highest BCUT2D eigenvalue weighted by Gasteiger charge is 2.36. The van der Waals surface area contributed by atoms with Crippen LogP contribution in [-0.4, -0.2) is 33.6 Å². The number of carbonyl (C=O) groups is 1. The van der Waals surface area contributed by atoms with Crippen molar-refractivity contribution in [2.24, 2.45) is 0 Å². The molecule has 3 aromatic rings. The molecule has 0 saturated carbocycles. The maximum Gasteiger partial charge on any atom is 0.418 e. The third kappa shape index (κ3) is 4.78. The molecule has 0 radical (unpaired) electrons. The summed E-state index contributed by atoms with van der Waals surface area (Å²) in [6.07, 6.45) is -3.51. The number of methoxy groups -OCH3 is 2. The number of hydrogen-bond donors (Lipinski definition) is 1. The second kappa shape index (κ2) is 9.04. The Labute approximate surface area is 206 Å². The largest absolute Gasteiger partial charge is 0.494 e. The summed E-state index contributed by atoms with van der Waals surface area (Å²) in [5, 5.41) is 0. The first kappa shape index (κ1) is 24.8. The summed E-state index contributed by atoms with van der Waals surface area (Å²) in [7, 11) is -2.13. The topological polar surface area (TPSA) is 104 Å². The maximum atomic E-state index is 13.8. The van der Waals surface area contributed by atoms with Crippen LogP contribution in [0.5, 0.6) is 11.6 Å². The van der Waals surface area contributed by atoms with E-state index in [4.69, 9.17) is 14.2 Å². The van der Waals surface area contributed by atoms with Gasteiger partial charge in [-0.25, -0.2) is 18.2 Å². The van der Waals surface area contributed by atoms with Gasteiger partial charge in [0.15, 0.2) is 5.75 Å². The molecule has 1 aromatic heterocycles. The van der Waals surface area contributed by atoms with Crippen LogP contribution in [0.1, 0.15) is 21.5 Å². The lowest BCUT2D eigenvalue weighted by Crippen LogP contribution is -2.19. The van der Waals surface area contributed by atoms with E-state index in [9.17, 15) is 26.4 Å². The van der Waals surface area contributed by atoms with Gasteiger partial charge < -0.3 is 14.2 Å². The number of fused-ring (bicyclic) bond motifs is 6. The Morgan fingerprint density at radius 1 is 1.09 bits per heavy atom. The van der Waals surface area contributed by atoms with Crippen molar-refractivity contribution in [1.82, 2.24) is 4.98 Å². The average molecular weight is 573 g/mol. The highest BCUT2D eigenvalue weighted by Crippen LogP contribution is 2.41. The standard InChI is InChI=1S/C22H16BrF3N2O6S/c1-32-19-8-14-11-3-4-15(22(24,25)26)17(6-11)28-35(30,31)18-7-12(5-16(23)20(18)33-2)21(29)34-10-13(14)9-27-19/h3-9,28H,10H2,1-2H3. The van der Waals surface area contributed by atoms with Gasteiger partial charge in [0, 0.05) is 17.8 Å². The van der Waals surface area contributed by atoms with Crippen LogP contribution < -0.4 is 14.2 Å². The number of sulfonamides is 1. The van der Waals surface area contributed by atoms with Crippen molar-refractivity contribution in [3.63, 3.8) is 0 Å². The third-order valence-corrected chi connectivity index (χ3v) is 7.11. The number of cyclic esters (lactones) is 1. The zero-order valence-corrected chi connectivity index (χ0v) is 20.5. The lowest BCUT2D eigenvalue weighted by molar-refractivity contribution is -0.136. The fraction of sp³-hybridized carbons (Fsp3) is 0.182. The highest BCUT2D eigenvalue weighted by atomic mass is 79.9. The molecule has 184 valence electrons. The fourth-order valence-corrected chi connectivity index (χ4v) is 5.55. The number of benzene rings is 2. The molecule has 8 nitrogen and oxygen atoms in total. The summed E-state index contributed by atoms with van der Waals surface area (Å²) in [5.74, 6) is -0.916. The van der Waals surface area contributed by atoms with Gasteiger partial charge in [-0.1, -0.05) is 6.07 Å². The fourth-order valence-electron chi connectivity index (χ4n) is 3.51. The van der Waals surface area contributed by atoms with E-state index in [0.717, 1.165) is 18.2 Å². The van der Waals surface area contributed by atoms with E-state index in [1.165, 1.54) is 38.6 Å². The predicted molar refractivity (Wildman–Crippen MR) is 122 cm³/mol. The molecule has 0 unspecified atom stereocenters. The van der Waals surface area contributed by atoms with E-state index in [2.05, 4.69) is 20.9 Å². The van der Waals surface area contributed by atoms with E-state index >= 15 is 0 Å². The lowest BCUT2D eigenvalue weighted by Gasteiger charge is -2.18. The number of hydrogen-bond acceptors (Lipinski definition) is 7. The number of anilines is 1. The number of nitrogens with one attached hydrogen (secondary N) is 1. The molecular weight excluding hydrogens is 557 g/mol. The van der Waals surface area contributed by atoms with E-state index in [-0.39, 0.29) is 33.8 Å². The molecule has 13 heteroatoms. The minimum atomic E-state index is -4.87. The number of aromatic nitrogens is 1. The van der Waals surface area contributed by atoms with Crippen LogP contribution in [0.15, 0.2) is 52.0 Å². The van der Waals surface area contributed by atoms with Crippen molar-refractivity contribution in [3.05, 3.63) is 63.8 Å². The van der Waals surface area contributed by atoms with Gasteiger partial charge >= 0.3 is 12.1 Å². The first-order chi connectivity index (χ1) is 16.4. The molecule has 2 heterocycles. The number of pyridine rings is 1. The Balaban J connectivity index is 2.04. The third-order valence-electron chi connectivity index (χ3n) is 5.15. The second-order valence-electron chi connectivity index (χ2n) is 7.31. The number of halogens is 4. The number of alkyl halides is 3. The first-order valence-corrected chi connectivity index (χ1v) is 12.0. The molecule has 1 N–H and O–H groups in total. The van der Waals surface area contributed by atoms with Crippen LogP contribution in [0.25, 0.3) is 11.1 Å². The molecule has 0 fully saturated rings. The summed E-state index contributed by atoms with van der Waals surface area (Å²) in [5.41, 5.74) is -1.18. The zero-order chi connectivity index (χ0) is 25.5. The smallest absolute Gasteiger partial charge is 0.418 e. The Bertz CT molecular complexity index is 1440. The molecular formula is C22H16BrF3N2O6S. The first-order valence-electron chi connectivity index (χ1n) is 9.76. The van der Waals surface area contributed by atoms with Crippen LogP contribution in [-0.2, 0) is 27.5 Å². The minimum Gasteiger partial charge on any atom is -0.494 e. The Morgan fingerprint density at radius 2 is 1.83 bits per heavy atom. The van der Waals surface area contributed by atoms with Crippen molar-refractivity contribution in [2.75, 3.05) is 18.9 Å². The number of ether oxygens (including phenoxy) is 3. The molecule has 1 aliphatic rings. The monoisotopic (exact) mass is 572 g/mol. The molecule has 35 heavy (non-hydrogen) atoms. The highest BCUT2D eigenvalue weighted by molar-refractivity contribution is 9.10. The minimum absolute atomic E-state index is 0.0845. The number of nitrogens with zero attached hydrogens (tertiary/aromatic N) is 1. The molecule has 4 rings (SSSR count). The van der Waals surface area contributed by atoms with E-state index < -0.39 is 38.3 Å². The van der Waals surface area contributed by atoms with Gasteiger partial charge in [0.05, 0.1) is 35.5 Å². The van der Waals surface area contributed by atoms with E-state index in [1.807, 2.05) is 4.72 Å². The van der Waals surface area contributed by atoms with Gasteiger partial charge in [0.1, 0.15) is 11.5 Å². The summed E-state index contributed by atoms with van der Waals surface area (Å²) in [6.45, 7) is -0.291. The van der Waals surface area contributed by atoms with E-state index in [1.54, 1.807) is 0 Å². The molecule has 0 atom stereocenters. The Morgan fingerprint density at radius 3 is 2.49 bits per heavy atom. The maximum absolute atomic E-state index is 13.8. The normalized spacial score (nSPS) is 14.9. The van der Waals surface area contributed by atoms with E-state index in [0.29, 0.717) is 11.1 Å². The molecule has 0 aliphatic carbocycles. The van der Waals surface area contributed by atoms with Crippen LogP contribution in [0, 0.1) is 0 Å². The van der Waals surface area contributed by atoms with Crippen LogP contribution in [0.4, 0.5) is 18.9 Å². The summed E-state index contributed by atoms with van der Waals surface area (Å²) in [6, 6.07) is 6.69. The van der Waals surface area contributed by atoms with Crippen molar-refractivity contribution >= 4 is 37.6 Å². The Kier molecular flexibility index (Phi) is 6.40. The van der Waals surface area contributed by atoms with Gasteiger partial charge in [-0.2, -0.15) is 13.2 Å². The molecule has 0 saturated heterocycles. The predicted octanol–water partition coefficient (Wildman–Crippen LogP) is 5.02. The van der Waals surface area contributed by atoms with Crippen LogP contribution >= 0.6 is 15.9 Å². The molecule has 0 amide bonds. The number of carbonyl (C=O) groups excluding carboxylic acids is 1. The summed E-state index contributed by atoms with van der Waals surface area (Å²) < 4.78 is 85.7. The van der Waals surface area contributed by atoms with Crippen molar-refractivity contribution < 1.29 is 40.6 Å². The van der Waals surface area contributed by atoms with Gasteiger partial charge in [0.25, 0.3) is 10.0 Å². The SMILES string of the molecule is COc1cc2c(cn1)COC(=O)c1cc(Br)c(OC)c(c1)S(=O)(=O)Nc1cc-2ccc1C(F)(F)F. The molecule has 1 aliphatic heterocycles. The molecule has 2 aromatic carbocycles. The number of esters is 1. The summed E-state index contributed by atoms with van der Waals surface area (Å²) in [4.78, 5) is 16.3. The second-order valence-corrected chi connectivity index (χ2v) is 9.82. The van der Waals surface area contributed by atoms with Crippen molar-refractivity contribution in [2.45, 2.75) is 17.7 Å². The summed E-state index contributed by atoms with van der Waals surface area (Å²) >= 11 is 3.14. The van der Waals surface area contributed by atoms with Gasteiger partial charge in [-0.15, -0.1) is 0 Å². The van der Waals surface area contributed by atoms with Crippen LogP contribution in [0.2, 0.25) is 0 Å². The van der Waals surface area contributed by atoms with Crippen LogP contribution in [0.3, 0.4) is 0 Å².